The number of nitrogens with one attached hydrogen (secondary N) is 2. The summed E-state index contributed by atoms with van der Waals surface area (Å²) in [6, 6.07) is 12.6. The van der Waals surface area contributed by atoms with Crippen LogP contribution in [0.1, 0.15) is 270 Å². The second kappa shape index (κ2) is 34.3. The fourth-order valence-electron chi connectivity index (χ4n) is 11.1. The van der Waals surface area contributed by atoms with Gasteiger partial charge in [0.2, 0.25) is 0 Å². The van der Waals surface area contributed by atoms with Crippen molar-refractivity contribution in [2.45, 2.75) is 279 Å². The van der Waals surface area contributed by atoms with Crippen LogP contribution in [0.3, 0.4) is 0 Å². The maximum atomic E-state index is 13.8. The molecule has 1 aliphatic carbocycles. The number of unbranched alkanes of at least 4 members (excludes halogenated alkanes) is 24. The highest BCUT2D eigenvalue weighted by atomic mass is 16.6. The zero-order valence-electron chi connectivity index (χ0n) is 44.1. The smallest absolute Gasteiger partial charge is 0.410 e. The third kappa shape index (κ3) is 24.3. The molecule has 2 aromatic rings. The van der Waals surface area contributed by atoms with Crippen LogP contribution in [-0.2, 0) is 25.7 Å². The topological polar surface area (TPSA) is 76.7 Å². The lowest BCUT2D eigenvalue weighted by Crippen LogP contribution is -2.51. The molecule has 376 valence electrons. The molecule has 0 bridgehead atoms. The van der Waals surface area contributed by atoms with Gasteiger partial charge in [0.05, 0.1) is 0 Å². The van der Waals surface area contributed by atoms with E-state index in [2.05, 4.69) is 83.4 Å². The van der Waals surface area contributed by atoms with Gasteiger partial charge in [0.15, 0.2) is 0 Å². The van der Waals surface area contributed by atoms with Gasteiger partial charge in [-0.05, 0) is 116 Å². The predicted molar refractivity (Wildman–Crippen MR) is 282 cm³/mol. The second-order valence-corrected chi connectivity index (χ2v) is 21.8. The minimum absolute atomic E-state index is 0.0245. The van der Waals surface area contributed by atoms with Crippen molar-refractivity contribution in [1.29, 1.82) is 0 Å². The maximum Gasteiger partial charge on any atom is 0.412 e. The lowest BCUT2D eigenvalue weighted by Gasteiger charge is -2.46. The number of carbonyl (C=O) groups excluding carboxylic acids is 2. The number of amides is 2. The van der Waals surface area contributed by atoms with Gasteiger partial charge in [-0.3, -0.25) is 0 Å². The van der Waals surface area contributed by atoms with Crippen molar-refractivity contribution in [3.8, 4) is 11.5 Å². The van der Waals surface area contributed by atoms with Crippen LogP contribution in [0.25, 0.3) is 0 Å². The predicted octanol–water partition coefficient (Wildman–Crippen LogP) is 18.3. The van der Waals surface area contributed by atoms with Crippen LogP contribution in [0.2, 0.25) is 0 Å². The highest BCUT2D eigenvalue weighted by molar-refractivity contribution is 5.72. The molecule has 6 nitrogen and oxygen atoms in total. The van der Waals surface area contributed by atoms with Gasteiger partial charge in [-0.1, -0.05) is 227 Å². The summed E-state index contributed by atoms with van der Waals surface area (Å²) >= 11 is 0. The Bertz CT molecular complexity index is 1590. The van der Waals surface area contributed by atoms with Crippen molar-refractivity contribution in [3.63, 3.8) is 0 Å². The van der Waals surface area contributed by atoms with Crippen molar-refractivity contribution in [3.05, 3.63) is 58.7 Å². The molecule has 2 aromatic carbocycles. The van der Waals surface area contributed by atoms with E-state index in [9.17, 15) is 9.59 Å². The summed E-state index contributed by atoms with van der Waals surface area (Å²) in [6.45, 7) is 16.4. The molecule has 3 rings (SSSR count). The fourth-order valence-corrected chi connectivity index (χ4v) is 11.1. The van der Waals surface area contributed by atoms with Crippen LogP contribution in [0.4, 0.5) is 9.59 Å². The molecule has 0 heterocycles. The summed E-state index contributed by atoms with van der Waals surface area (Å²) in [5.41, 5.74) is 4.87. The Morgan fingerprint density at radius 3 is 1.26 bits per heavy atom. The molecule has 1 fully saturated rings. The van der Waals surface area contributed by atoms with E-state index in [-0.39, 0.29) is 29.1 Å². The van der Waals surface area contributed by atoms with Gasteiger partial charge < -0.3 is 20.1 Å². The van der Waals surface area contributed by atoms with Crippen molar-refractivity contribution < 1.29 is 19.1 Å². The monoisotopic (exact) mass is 915 g/mol. The van der Waals surface area contributed by atoms with Crippen LogP contribution < -0.4 is 20.1 Å². The molecule has 6 heteroatoms. The van der Waals surface area contributed by atoms with Gasteiger partial charge in [-0.25, -0.2) is 9.59 Å². The first-order chi connectivity index (χ1) is 32.0. The van der Waals surface area contributed by atoms with Gasteiger partial charge in [-0.2, -0.15) is 0 Å². The first kappa shape index (κ1) is 57.3. The standard InChI is InChI=1S/C60H102N2O4/c1-8-12-16-20-24-28-32-38-50-40-36-44-55(53(50)42-34-30-26-22-18-14-10-3)65-57(63)61-49-60(7)47-52(46-59(5,6)48-60)62-58(64)66-56-45-37-41-51(39-33-29-25-21-17-13-9-2)54(56)43-35-31-27-23-19-15-11-4/h36-37,40-41,44-45,52H,8-35,38-39,42-43,46-49H2,1-7H3,(H,61,63)(H,62,64). The van der Waals surface area contributed by atoms with E-state index < -0.39 is 0 Å². The number of ether oxygens (including phenoxy) is 2. The number of hydrogen-bond acceptors (Lipinski definition) is 4. The average Bonchev–Trinajstić information content (AvgIpc) is 3.27. The molecule has 0 spiro atoms. The lowest BCUT2D eigenvalue weighted by molar-refractivity contribution is 0.0701. The second-order valence-electron chi connectivity index (χ2n) is 21.8. The summed E-state index contributed by atoms with van der Waals surface area (Å²) < 4.78 is 12.5. The minimum atomic E-state index is -0.387. The van der Waals surface area contributed by atoms with Gasteiger partial charge in [0.25, 0.3) is 0 Å². The molecule has 1 aliphatic rings. The Balaban J connectivity index is 1.64. The SMILES string of the molecule is CCCCCCCCCc1cccc(OC(=O)NCC2(C)CC(NC(=O)Oc3cccc(CCCCCCCCC)c3CCCCCCCCC)CC(C)(C)C2)c1CCCCCCCCC. The molecular weight excluding hydrogens is 813 g/mol. The molecule has 2 atom stereocenters. The van der Waals surface area contributed by atoms with Crippen molar-refractivity contribution in [2.24, 2.45) is 10.8 Å². The van der Waals surface area contributed by atoms with Crippen LogP contribution in [-0.4, -0.2) is 24.8 Å². The molecule has 0 aromatic heterocycles. The van der Waals surface area contributed by atoms with Gasteiger partial charge in [0.1, 0.15) is 11.5 Å². The van der Waals surface area contributed by atoms with E-state index in [0.717, 1.165) is 63.5 Å². The number of hydrogen-bond donors (Lipinski definition) is 2. The Morgan fingerprint density at radius 1 is 0.485 bits per heavy atom. The summed E-state index contributed by atoms with van der Waals surface area (Å²) in [5.74, 6) is 1.44. The largest absolute Gasteiger partial charge is 0.412 e. The molecule has 2 amide bonds. The van der Waals surface area contributed by atoms with Crippen molar-refractivity contribution >= 4 is 12.2 Å². The van der Waals surface area contributed by atoms with Crippen molar-refractivity contribution in [1.82, 2.24) is 10.6 Å². The van der Waals surface area contributed by atoms with Gasteiger partial charge in [0, 0.05) is 12.6 Å². The lowest BCUT2D eigenvalue weighted by atomic mass is 9.62. The Hall–Kier alpha value is -3.02. The summed E-state index contributed by atoms with van der Waals surface area (Å²) in [5, 5.41) is 6.50. The summed E-state index contributed by atoms with van der Waals surface area (Å²) in [4.78, 5) is 27.5. The molecule has 0 aliphatic heterocycles. The van der Waals surface area contributed by atoms with E-state index in [0.29, 0.717) is 12.3 Å². The minimum Gasteiger partial charge on any atom is -0.410 e. The molecule has 0 radical (unpaired) electrons. The summed E-state index contributed by atoms with van der Waals surface area (Å²) in [6.07, 6.45) is 41.4. The molecule has 1 saturated carbocycles. The van der Waals surface area contributed by atoms with E-state index in [1.54, 1.807) is 0 Å². The normalized spacial score (nSPS) is 16.9. The Labute approximate surface area is 407 Å². The third-order valence-corrected chi connectivity index (χ3v) is 14.5. The van der Waals surface area contributed by atoms with Crippen LogP contribution in [0.5, 0.6) is 11.5 Å². The first-order valence-corrected chi connectivity index (χ1v) is 28.2. The van der Waals surface area contributed by atoms with Gasteiger partial charge in [-0.15, -0.1) is 0 Å². The average molecular weight is 915 g/mol. The molecule has 0 saturated heterocycles. The summed E-state index contributed by atoms with van der Waals surface area (Å²) in [7, 11) is 0. The zero-order valence-corrected chi connectivity index (χ0v) is 44.1. The Kier molecular flexibility index (Phi) is 29.8. The highest BCUT2D eigenvalue weighted by Gasteiger charge is 2.42. The molecule has 66 heavy (non-hydrogen) atoms. The number of benzene rings is 2. The van der Waals surface area contributed by atoms with E-state index in [1.807, 2.05) is 12.1 Å². The fraction of sp³-hybridized carbons (Fsp3) is 0.767. The van der Waals surface area contributed by atoms with E-state index in [1.165, 1.54) is 189 Å². The van der Waals surface area contributed by atoms with Crippen LogP contribution in [0, 0.1) is 10.8 Å². The molecule has 2 unspecified atom stereocenters. The Morgan fingerprint density at radius 2 is 0.848 bits per heavy atom. The highest BCUT2D eigenvalue weighted by Crippen LogP contribution is 2.46. The zero-order chi connectivity index (χ0) is 47.7. The maximum absolute atomic E-state index is 13.8. The quantitative estimate of drug-likeness (QED) is 0.0662. The van der Waals surface area contributed by atoms with Gasteiger partial charge >= 0.3 is 12.2 Å². The van der Waals surface area contributed by atoms with Crippen LogP contribution >= 0.6 is 0 Å². The van der Waals surface area contributed by atoms with E-state index in [4.69, 9.17) is 9.47 Å². The first-order valence-electron chi connectivity index (χ1n) is 28.2. The molecular formula is C60H102N2O4. The van der Waals surface area contributed by atoms with E-state index >= 15 is 0 Å². The molecule has 2 N–H and O–H groups in total. The number of aryl methyl sites for hydroxylation is 2. The van der Waals surface area contributed by atoms with Crippen molar-refractivity contribution in [2.75, 3.05) is 6.54 Å². The number of carbonyl (C=O) groups is 2. The number of rotatable bonds is 37. The van der Waals surface area contributed by atoms with Crippen LogP contribution in [0.15, 0.2) is 36.4 Å². The third-order valence-electron chi connectivity index (χ3n) is 14.5.